The fourth-order valence-electron chi connectivity index (χ4n) is 1.48. The zero-order valence-electron chi connectivity index (χ0n) is 12.3. The van der Waals surface area contributed by atoms with Crippen LogP contribution in [0.5, 0.6) is 0 Å². The monoisotopic (exact) mass is 331 g/mol. The summed E-state index contributed by atoms with van der Waals surface area (Å²) in [6.07, 6.45) is 0.800. The number of hydrogen-bond donors (Lipinski definition) is 1. The van der Waals surface area contributed by atoms with Gasteiger partial charge in [-0.05, 0) is 19.9 Å². The minimum absolute atomic E-state index is 0.0782. The summed E-state index contributed by atoms with van der Waals surface area (Å²) >= 11 is 0. The number of rotatable bonds is 5. The van der Waals surface area contributed by atoms with Crippen molar-refractivity contribution in [3.63, 3.8) is 0 Å². The predicted octanol–water partition coefficient (Wildman–Crippen LogP) is 3.68. The van der Waals surface area contributed by atoms with Crippen LogP contribution in [0.3, 0.4) is 0 Å². The Morgan fingerprint density at radius 2 is 1.91 bits per heavy atom. The molecular weight excluding hydrogens is 318 g/mol. The van der Waals surface area contributed by atoms with Crippen LogP contribution in [0.15, 0.2) is 28.9 Å². The van der Waals surface area contributed by atoms with E-state index in [0.29, 0.717) is 0 Å². The Hall–Kier alpha value is -2.64. The van der Waals surface area contributed by atoms with Crippen LogP contribution in [-0.2, 0) is 9.53 Å². The highest BCUT2D eigenvalue weighted by atomic mass is 19.2. The Morgan fingerprint density at radius 1 is 1.30 bits per heavy atom. The maximum atomic E-state index is 13.7. The van der Waals surface area contributed by atoms with Gasteiger partial charge in [-0.3, -0.25) is 4.99 Å². The smallest absolute Gasteiger partial charge is 0.343 e. The molecule has 1 aromatic carbocycles. The van der Waals surface area contributed by atoms with E-state index in [0.717, 1.165) is 6.21 Å². The van der Waals surface area contributed by atoms with Gasteiger partial charge in [0.05, 0.1) is 12.2 Å². The van der Waals surface area contributed by atoms with Crippen molar-refractivity contribution >= 4 is 17.9 Å². The number of nitrogens with zero attached hydrogens (tertiary/aromatic N) is 1. The average molecular weight is 331 g/mol. The van der Waals surface area contributed by atoms with Crippen molar-refractivity contribution in [3.05, 3.63) is 52.7 Å². The summed E-state index contributed by atoms with van der Waals surface area (Å²) in [6, 6.07) is 0.219. The SMILES string of the molecule is C=C(C)N=C/C(C(=O)OCC)=C(/O)c1cc(F)c(F)c(F)c1F. The predicted molar refractivity (Wildman–Crippen MR) is 75.8 cm³/mol. The molecule has 0 saturated carbocycles. The molecule has 0 heterocycles. The molecule has 0 bridgehead atoms. The number of esters is 1. The van der Waals surface area contributed by atoms with Crippen molar-refractivity contribution < 1.29 is 32.2 Å². The Balaban J connectivity index is 3.58. The van der Waals surface area contributed by atoms with Crippen molar-refractivity contribution in [2.45, 2.75) is 13.8 Å². The number of benzene rings is 1. The van der Waals surface area contributed by atoms with Crippen molar-refractivity contribution in [2.75, 3.05) is 6.61 Å². The van der Waals surface area contributed by atoms with Gasteiger partial charge in [-0.1, -0.05) is 6.58 Å². The number of ether oxygens (including phenoxy) is 1. The van der Waals surface area contributed by atoms with Gasteiger partial charge in [-0.15, -0.1) is 0 Å². The lowest BCUT2D eigenvalue weighted by Crippen LogP contribution is -2.12. The first kappa shape index (κ1) is 18.4. The Labute approximate surface area is 129 Å². The second-order valence-corrected chi connectivity index (χ2v) is 4.32. The van der Waals surface area contributed by atoms with E-state index < -0.39 is 46.1 Å². The number of carbonyl (C=O) groups is 1. The van der Waals surface area contributed by atoms with Crippen LogP contribution in [0, 0.1) is 23.3 Å². The highest BCUT2D eigenvalue weighted by Gasteiger charge is 2.25. The van der Waals surface area contributed by atoms with Crippen LogP contribution in [0.2, 0.25) is 0 Å². The summed E-state index contributed by atoms with van der Waals surface area (Å²) in [6.45, 7) is 6.28. The van der Waals surface area contributed by atoms with Crippen LogP contribution in [0.25, 0.3) is 5.76 Å². The van der Waals surface area contributed by atoms with Gasteiger partial charge in [0.1, 0.15) is 11.3 Å². The van der Waals surface area contributed by atoms with Gasteiger partial charge in [-0.25, -0.2) is 22.4 Å². The van der Waals surface area contributed by atoms with Crippen LogP contribution in [0.1, 0.15) is 19.4 Å². The summed E-state index contributed by atoms with van der Waals surface area (Å²) in [7, 11) is 0. The molecule has 1 aromatic rings. The van der Waals surface area contributed by atoms with E-state index in [1.54, 1.807) is 0 Å². The zero-order chi connectivity index (χ0) is 17.7. The molecule has 1 rings (SSSR count). The molecule has 0 aliphatic carbocycles. The minimum atomic E-state index is -2.12. The summed E-state index contributed by atoms with van der Waals surface area (Å²) in [5.41, 5.74) is -1.48. The third-order valence-corrected chi connectivity index (χ3v) is 2.52. The molecule has 1 N–H and O–H groups in total. The first-order chi connectivity index (χ1) is 10.7. The van der Waals surface area contributed by atoms with Crippen LogP contribution in [0.4, 0.5) is 17.6 Å². The zero-order valence-corrected chi connectivity index (χ0v) is 12.3. The van der Waals surface area contributed by atoms with Gasteiger partial charge in [0.25, 0.3) is 0 Å². The Morgan fingerprint density at radius 3 is 2.43 bits per heavy atom. The molecule has 0 atom stereocenters. The second kappa shape index (κ2) is 7.57. The molecule has 0 saturated heterocycles. The topological polar surface area (TPSA) is 58.9 Å². The summed E-state index contributed by atoms with van der Waals surface area (Å²) < 4.78 is 57.8. The maximum absolute atomic E-state index is 13.7. The first-order valence-electron chi connectivity index (χ1n) is 6.33. The largest absolute Gasteiger partial charge is 0.506 e. The van der Waals surface area contributed by atoms with Gasteiger partial charge in [0.15, 0.2) is 23.3 Å². The van der Waals surface area contributed by atoms with Crippen LogP contribution < -0.4 is 0 Å². The van der Waals surface area contributed by atoms with Crippen LogP contribution >= 0.6 is 0 Å². The molecule has 0 aromatic heterocycles. The second-order valence-electron chi connectivity index (χ2n) is 4.32. The van der Waals surface area contributed by atoms with Gasteiger partial charge >= 0.3 is 5.97 Å². The summed E-state index contributed by atoms with van der Waals surface area (Å²) in [4.78, 5) is 15.4. The quantitative estimate of drug-likeness (QED) is 0.170. The molecule has 23 heavy (non-hydrogen) atoms. The average Bonchev–Trinajstić information content (AvgIpc) is 2.48. The maximum Gasteiger partial charge on any atom is 0.343 e. The van der Waals surface area contributed by atoms with Crippen LogP contribution in [-0.4, -0.2) is 23.9 Å². The molecule has 0 unspecified atom stereocenters. The first-order valence-corrected chi connectivity index (χ1v) is 6.33. The molecule has 0 radical (unpaired) electrons. The normalized spacial score (nSPS) is 12.3. The number of halogens is 4. The third kappa shape index (κ3) is 4.18. The molecule has 0 fully saturated rings. The number of aliphatic imine (C=N–C) groups is 1. The molecule has 0 aliphatic rings. The van der Waals surface area contributed by atoms with Gasteiger partial charge < -0.3 is 9.84 Å². The lowest BCUT2D eigenvalue weighted by atomic mass is 10.1. The number of hydrogen-bond acceptors (Lipinski definition) is 4. The summed E-state index contributed by atoms with van der Waals surface area (Å²) in [5, 5.41) is 9.97. The molecular formula is C15H13F4NO3. The van der Waals surface area contributed by atoms with E-state index in [1.807, 2.05) is 0 Å². The summed E-state index contributed by atoms with van der Waals surface area (Å²) in [5.74, 6) is -10.0. The van der Waals surface area contributed by atoms with Crippen molar-refractivity contribution in [1.82, 2.24) is 0 Å². The molecule has 8 heteroatoms. The van der Waals surface area contributed by atoms with Gasteiger partial charge in [-0.2, -0.15) is 0 Å². The van der Waals surface area contributed by atoms with Crippen molar-refractivity contribution in [3.8, 4) is 0 Å². The molecule has 0 spiro atoms. The Bertz CT molecular complexity index is 711. The van der Waals surface area contributed by atoms with E-state index in [4.69, 9.17) is 0 Å². The molecule has 0 amide bonds. The van der Waals surface area contributed by atoms with Crippen molar-refractivity contribution in [1.29, 1.82) is 0 Å². The fourth-order valence-corrected chi connectivity index (χ4v) is 1.48. The van der Waals surface area contributed by atoms with Crippen molar-refractivity contribution in [2.24, 2.45) is 4.99 Å². The lowest BCUT2D eigenvalue weighted by molar-refractivity contribution is -0.137. The standard InChI is InChI=1S/C15H13F4NO3/c1-4-23-15(22)9(6-20-7(2)3)14(21)8-5-10(16)12(18)13(19)11(8)17/h5-6,21H,2,4H2,1,3H3/b14-9-,20-6?. The number of allylic oxidation sites excluding steroid dienone is 1. The number of carbonyl (C=O) groups excluding carboxylic acids is 1. The lowest BCUT2D eigenvalue weighted by Gasteiger charge is -2.09. The van der Waals surface area contributed by atoms with E-state index in [9.17, 15) is 27.5 Å². The van der Waals surface area contributed by atoms with Gasteiger partial charge in [0.2, 0.25) is 0 Å². The number of aliphatic hydroxyl groups is 1. The molecule has 124 valence electrons. The van der Waals surface area contributed by atoms with Gasteiger partial charge in [0, 0.05) is 11.9 Å². The highest BCUT2D eigenvalue weighted by Crippen LogP contribution is 2.25. The fraction of sp³-hybridized carbons (Fsp3) is 0.200. The third-order valence-electron chi connectivity index (χ3n) is 2.52. The van der Waals surface area contributed by atoms with E-state index in [2.05, 4.69) is 16.3 Å². The molecule has 0 aliphatic heterocycles. The number of aliphatic hydroxyl groups excluding tert-OH is 1. The van der Waals surface area contributed by atoms with E-state index in [1.165, 1.54) is 13.8 Å². The highest BCUT2D eigenvalue weighted by molar-refractivity contribution is 6.15. The molecule has 4 nitrogen and oxygen atoms in total. The van der Waals surface area contributed by atoms with E-state index in [-0.39, 0.29) is 18.4 Å². The Kier molecular flexibility index (Phi) is 6.06. The van der Waals surface area contributed by atoms with E-state index >= 15 is 0 Å². The minimum Gasteiger partial charge on any atom is -0.506 e.